The summed E-state index contributed by atoms with van der Waals surface area (Å²) < 4.78 is 0. The molecule has 2 unspecified atom stereocenters. The molecule has 0 aliphatic heterocycles. The first-order valence-electron chi connectivity index (χ1n) is 5.48. The highest BCUT2D eigenvalue weighted by Crippen LogP contribution is 2.40. The van der Waals surface area contributed by atoms with Gasteiger partial charge in [-0.3, -0.25) is 0 Å². The Morgan fingerprint density at radius 3 is 2.27 bits per heavy atom. The Morgan fingerprint density at radius 2 is 1.80 bits per heavy atom. The van der Waals surface area contributed by atoms with Crippen molar-refractivity contribution in [2.24, 2.45) is 5.92 Å². The Morgan fingerprint density at radius 1 is 1.20 bits per heavy atom. The zero-order chi connectivity index (χ0) is 11.1. The van der Waals surface area contributed by atoms with Crippen molar-refractivity contribution in [2.75, 3.05) is 0 Å². The standard InChI is InChI=1S/C14H18O/c1-10-4-6-12(7-5-10)14(3)9-8-13(15)11(14)2/h4-9,11,13,15H,1-3H3/t11?,13?,14-/m1/s1. The molecule has 0 spiro atoms. The fourth-order valence-electron chi connectivity index (χ4n) is 2.24. The fraction of sp³-hybridized carbons (Fsp3) is 0.429. The molecule has 0 heterocycles. The lowest BCUT2D eigenvalue weighted by Crippen LogP contribution is -2.30. The Balaban J connectivity index is 2.38. The summed E-state index contributed by atoms with van der Waals surface area (Å²) in [5.74, 6) is 0.250. The third kappa shape index (κ3) is 1.61. The summed E-state index contributed by atoms with van der Waals surface area (Å²) in [5.41, 5.74) is 2.54. The number of allylic oxidation sites excluding steroid dienone is 1. The first-order valence-corrected chi connectivity index (χ1v) is 5.48. The van der Waals surface area contributed by atoms with E-state index in [2.05, 4.69) is 51.1 Å². The molecule has 0 saturated heterocycles. The number of aryl methyl sites for hydroxylation is 1. The smallest absolute Gasteiger partial charge is 0.0758 e. The number of aliphatic hydroxyl groups excluding tert-OH is 1. The van der Waals surface area contributed by atoms with E-state index < -0.39 is 0 Å². The van der Waals surface area contributed by atoms with Crippen LogP contribution in [-0.4, -0.2) is 11.2 Å². The maximum Gasteiger partial charge on any atom is 0.0758 e. The average molecular weight is 202 g/mol. The predicted octanol–water partition coefficient (Wildman–Crippen LogP) is 2.82. The van der Waals surface area contributed by atoms with Crippen molar-refractivity contribution in [1.82, 2.24) is 0 Å². The molecule has 1 nitrogen and oxygen atoms in total. The maximum atomic E-state index is 9.76. The summed E-state index contributed by atoms with van der Waals surface area (Å²) in [6.07, 6.45) is 3.73. The lowest BCUT2D eigenvalue weighted by Gasteiger charge is -2.30. The second kappa shape index (κ2) is 3.49. The van der Waals surface area contributed by atoms with E-state index in [1.54, 1.807) is 0 Å². The Kier molecular flexibility index (Phi) is 2.43. The van der Waals surface area contributed by atoms with Gasteiger partial charge >= 0.3 is 0 Å². The molecule has 1 aliphatic rings. The molecule has 15 heavy (non-hydrogen) atoms. The van der Waals surface area contributed by atoms with Crippen LogP contribution in [0, 0.1) is 12.8 Å². The number of benzene rings is 1. The molecule has 2 rings (SSSR count). The van der Waals surface area contributed by atoms with Gasteiger partial charge in [0.1, 0.15) is 0 Å². The minimum atomic E-state index is -0.309. The van der Waals surface area contributed by atoms with Crippen molar-refractivity contribution < 1.29 is 5.11 Å². The molecule has 80 valence electrons. The molecule has 0 fully saturated rings. The van der Waals surface area contributed by atoms with Gasteiger partial charge in [-0.15, -0.1) is 0 Å². The highest BCUT2D eigenvalue weighted by molar-refractivity contribution is 5.36. The molecular weight excluding hydrogens is 184 g/mol. The molecule has 1 aromatic carbocycles. The van der Waals surface area contributed by atoms with Crippen molar-refractivity contribution in [1.29, 1.82) is 0 Å². The van der Waals surface area contributed by atoms with Crippen molar-refractivity contribution >= 4 is 0 Å². The molecule has 0 amide bonds. The third-order valence-electron chi connectivity index (χ3n) is 3.77. The maximum absolute atomic E-state index is 9.76. The Hall–Kier alpha value is -1.08. The van der Waals surface area contributed by atoms with Crippen LogP contribution in [-0.2, 0) is 5.41 Å². The van der Waals surface area contributed by atoms with Gasteiger partial charge in [0.25, 0.3) is 0 Å². The van der Waals surface area contributed by atoms with E-state index in [9.17, 15) is 5.11 Å². The molecule has 0 aromatic heterocycles. The van der Waals surface area contributed by atoms with Gasteiger partial charge in [-0.05, 0) is 18.4 Å². The van der Waals surface area contributed by atoms with E-state index in [1.807, 2.05) is 6.08 Å². The first-order chi connectivity index (χ1) is 7.04. The summed E-state index contributed by atoms with van der Waals surface area (Å²) in [6.45, 7) is 6.38. The van der Waals surface area contributed by atoms with Gasteiger partial charge in [-0.25, -0.2) is 0 Å². The lowest BCUT2D eigenvalue weighted by molar-refractivity contribution is 0.145. The summed E-state index contributed by atoms with van der Waals surface area (Å²) in [4.78, 5) is 0. The van der Waals surface area contributed by atoms with Crippen LogP contribution in [0.4, 0.5) is 0 Å². The number of hydrogen-bond donors (Lipinski definition) is 1. The molecule has 1 heteroatoms. The van der Waals surface area contributed by atoms with Crippen LogP contribution in [0.3, 0.4) is 0 Å². The molecule has 0 saturated carbocycles. The zero-order valence-electron chi connectivity index (χ0n) is 9.57. The molecule has 0 bridgehead atoms. The second-order valence-corrected chi connectivity index (χ2v) is 4.79. The highest BCUT2D eigenvalue weighted by atomic mass is 16.3. The van der Waals surface area contributed by atoms with Crippen LogP contribution in [0.2, 0.25) is 0 Å². The first kappa shape index (κ1) is 10.4. The van der Waals surface area contributed by atoms with Gasteiger partial charge in [-0.2, -0.15) is 0 Å². The Bertz CT molecular complexity index is 377. The van der Waals surface area contributed by atoms with Gasteiger partial charge in [0.05, 0.1) is 6.10 Å². The molecular formula is C14H18O. The summed E-state index contributed by atoms with van der Waals surface area (Å²) in [6, 6.07) is 8.58. The van der Waals surface area contributed by atoms with E-state index in [4.69, 9.17) is 0 Å². The Labute approximate surface area is 91.4 Å². The van der Waals surface area contributed by atoms with Gasteiger partial charge in [0, 0.05) is 5.41 Å². The summed E-state index contributed by atoms with van der Waals surface area (Å²) in [7, 11) is 0. The van der Waals surface area contributed by atoms with Crippen LogP contribution in [0.25, 0.3) is 0 Å². The molecule has 0 radical (unpaired) electrons. The molecule has 1 aromatic rings. The van der Waals surface area contributed by atoms with Gasteiger partial charge in [0.15, 0.2) is 0 Å². The second-order valence-electron chi connectivity index (χ2n) is 4.79. The molecule has 1 N–H and O–H groups in total. The highest BCUT2D eigenvalue weighted by Gasteiger charge is 2.38. The van der Waals surface area contributed by atoms with Crippen LogP contribution >= 0.6 is 0 Å². The predicted molar refractivity (Wildman–Crippen MR) is 62.8 cm³/mol. The van der Waals surface area contributed by atoms with E-state index in [-0.39, 0.29) is 17.4 Å². The summed E-state index contributed by atoms with van der Waals surface area (Å²) in [5, 5.41) is 9.76. The van der Waals surface area contributed by atoms with Gasteiger partial charge < -0.3 is 5.11 Å². The average Bonchev–Trinajstić information content (AvgIpc) is 2.48. The molecule has 3 atom stereocenters. The van der Waals surface area contributed by atoms with Crippen LogP contribution in [0.5, 0.6) is 0 Å². The number of hydrogen-bond acceptors (Lipinski definition) is 1. The minimum absolute atomic E-state index is 0.0207. The van der Waals surface area contributed by atoms with Gasteiger partial charge in [0.2, 0.25) is 0 Å². The number of aliphatic hydroxyl groups is 1. The molecule has 1 aliphatic carbocycles. The van der Waals surface area contributed by atoms with E-state index >= 15 is 0 Å². The largest absolute Gasteiger partial charge is 0.389 e. The van der Waals surface area contributed by atoms with Crippen molar-refractivity contribution in [3.63, 3.8) is 0 Å². The minimum Gasteiger partial charge on any atom is -0.389 e. The quantitative estimate of drug-likeness (QED) is 0.694. The van der Waals surface area contributed by atoms with Crippen LogP contribution in [0.1, 0.15) is 25.0 Å². The fourth-order valence-corrected chi connectivity index (χ4v) is 2.24. The number of rotatable bonds is 1. The van der Waals surface area contributed by atoms with Crippen molar-refractivity contribution in [3.05, 3.63) is 47.5 Å². The van der Waals surface area contributed by atoms with E-state index in [1.165, 1.54) is 11.1 Å². The van der Waals surface area contributed by atoms with Gasteiger partial charge in [-0.1, -0.05) is 55.8 Å². The SMILES string of the molecule is Cc1ccc([C@]2(C)C=CC(O)C2C)cc1. The van der Waals surface area contributed by atoms with Crippen molar-refractivity contribution in [2.45, 2.75) is 32.3 Å². The normalized spacial score (nSPS) is 34.7. The third-order valence-corrected chi connectivity index (χ3v) is 3.77. The van der Waals surface area contributed by atoms with E-state index in [0.29, 0.717) is 0 Å². The van der Waals surface area contributed by atoms with Crippen molar-refractivity contribution in [3.8, 4) is 0 Å². The monoisotopic (exact) mass is 202 g/mol. The topological polar surface area (TPSA) is 20.2 Å². The van der Waals surface area contributed by atoms with E-state index in [0.717, 1.165) is 0 Å². The van der Waals surface area contributed by atoms with Crippen LogP contribution < -0.4 is 0 Å². The summed E-state index contributed by atoms with van der Waals surface area (Å²) >= 11 is 0. The van der Waals surface area contributed by atoms with Crippen LogP contribution in [0.15, 0.2) is 36.4 Å². The lowest BCUT2D eigenvalue weighted by atomic mass is 9.74. The zero-order valence-corrected chi connectivity index (χ0v) is 9.57.